The van der Waals surface area contributed by atoms with Gasteiger partial charge in [0.1, 0.15) is 6.04 Å². The SMILES string of the molecule is O=C(C[NH+]1CCC[C@H]1c1ccc2c(c1)OCCCO2)Nc1ccccc1C(F)(F)F. The van der Waals surface area contributed by atoms with E-state index in [9.17, 15) is 18.0 Å². The van der Waals surface area contributed by atoms with Crippen LogP contribution in [-0.2, 0) is 11.0 Å². The first-order valence-corrected chi connectivity index (χ1v) is 10.1. The minimum absolute atomic E-state index is 0.0887. The highest BCUT2D eigenvalue weighted by Crippen LogP contribution is 2.35. The molecule has 2 aliphatic heterocycles. The van der Waals surface area contributed by atoms with Crippen LogP contribution in [0.4, 0.5) is 18.9 Å². The van der Waals surface area contributed by atoms with Gasteiger partial charge in [-0.05, 0) is 30.3 Å². The van der Waals surface area contributed by atoms with E-state index in [1.165, 1.54) is 18.2 Å². The Kier molecular flexibility index (Phi) is 5.85. The van der Waals surface area contributed by atoms with Crippen LogP contribution < -0.4 is 19.7 Å². The first kappa shape index (κ1) is 20.5. The number of hydrogen-bond acceptors (Lipinski definition) is 3. The van der Waals surface area contributed by atoms with Crippen LogP contribution in [0.3, 0.4) is 0 Å². The minimum atomic E-state index is -4.52. The molecule has 0 aliphatic carbocycles. The highest BCUT2D eigenvalue weighted by Gasteiger charge is 2.35. The van der Waals surface area contributed by atoms with Gasteiger partial charge in [0.05, 0.1) is 31.0 Å². The van der Waals surface area contributed by atoms with Crippen molar-refractivity contribution in [3.63, 3.8) is 0 Å². The van der Waals surface area contributed by atoms with E-state index in [0.717, 1.165) is 48.1 Å². The van der Waals surface area contributed by atoms with Crippen molar-refractivity contribution in [2.75, 3.05) is 31.6 Å². The second-order valence-electron chi connectivity index (χ2n) is 7.63. The van der Waals surface area contributed by atoms with Gasteiger partial charge in [-0.2, -0.15) is 13.2 Å². The summed E-state index contributed by atoms with van der Waals surface area (Å²) in [4.78, 5) is 13.6. The van der Waals surface area contributed by atoms with Gasteiger partial charge in [0.25, 0.3) is 5.91 Å². The van der Waals surface area contributed by atoms with Crippen LogP contribution in [0.1, 0.15) is 36.4 Å². The van der Waals surface area contributed by atoms with Crippen molar-refractivity contribution in [1.29, 1.82) is 0 Å². The van der Waals surface area contributed by atoms with Crippen LogP contribution in [0.5, 0.6) is 11.5 Å². The van der Waals surface area contributed by atoms with Crippen molar-refractivity contribution in [2.24, 2.45) is 0 Å². The average Bonchev–Trinajstić information content (AvgIpc) is 3.02. The molecule has 0 aromatic heterocycles. The number of alkyl halides is 3. The standard InChI is InChI=1S/C22H23F3N2O3/c23-22(24,25)16-5-1-2-6-17(16)26-21(28)14-27-10-3-7-18(27)15-8-9-19-20(13-15)30-12-4-11-29-19/h1-2,5-6,8-9,13,18H,3-4,7,10-12,14H2,(H,26,28)/p+1/t18-/m0/s1. The Labute approximate surface area is 172 Å². The molecule has 2 atom stereocenters. The number of hydrogen-bond donors (Lipinski definition) is 2. The van der Waals surface area contributed by atoms with Crippen LogP contribution in [0, 0.1) is 0 Å². The highest BCUT2D eigenvalue weighted by atomic mass is 19.4. The zero-order chi connectivity index (χ0) is 21.1. The molecule has 2 N–H and O–H groups in total. The van der Waals surface area contributed by atoms with Crippen molar-refractivity contribution in [3.8, 4) is 11.5 Å². The van der Waals surface area contributed by atoms with E-state index in [1.54, 1.807) is 0 Å². The first-order chi connectivity index (χ1) is 14.4. The molecule has 0 saturated carbocycles. The van der Waals surface area contributed by atoms with E-state index in [1.807, 2.05) is 18.2 Å². The topological polar surface area (TPSA) is 52.0 Å². The Bertz CT molecular complexity index is 917. The third kappa shape index (κ3) is 4.53. The number of para-hydroxylation sites is 1. The molecule has 2 heterocycles. The number of amides is 1. The van der Waals surface area contributed by atoms with Gasteiger partial charge in [0.15, 0.2) is 18.0 Å². The molecule has 1 fully saturated rings. The van der Waals surface area contributed by atoms with Crippen LogP contribution in [0.25, 0.3) is 0 Å². The first-order valence-electron chi connectivity index (χ1n) is 10.1. The maximum atomic E-state index is 13.2. The zero-order valence-corrected chi connectivity index (χ0v) is 16.4. The van der Waals surface area contributed by atoms with E-state index >= 15 is 0 Å². The third-order valence-electron chi connectivity index (χ3n) is 5.55. The van der Waals surface area contributed by atoms with Crippen molar-refractivity contribution in [2.45, 2.75) is 31.5 Å². The van der Waals surface area contributed by atoms with E-state index in [-0.39, 0.29) is 18.3 Å². The number of quaternary nitrogens is 1. The molecule has 8 heteroatoms. The number of anilines is 1. The number of carbonyl (C=O) groups excluding carboxylic acids is 1. The third-order valence-corrected chi connectivity index (χ3v) is 5.55. The highest BCUT2D eigenvalue weighted by molar-refractivity contribution is 5.92. The second-order valence-corrected chi connectivity index (χ2v) is 7.63. The molecule has 5 nitrogen and oxygen atoms in total. The lowest BCUT2D eigenvalue weighted by atomic mass is 10.0. The summed E-state index contributed by atoms with van der Waals surface area (Å²) in [6, 6.07) is 11.0. The molecule has 0 radical (unpaired) electrons. The summed E-state index contributed by atoms with van der Waals surface area (Å²) in [6.07, 6.45) is -1.84. The Morgan fingerprint density at radius 2 is 1.83 bits per heavy atom. The number of nitrogens with one attached hydrogen (secondary N) is 2. The smallest absolute Gasteiger partial charge is 0.418 e. The Morgan fingerprint density at radius 1 is 1.07 bits per heavy atom. The molecule has 0 bridgehead atoms. The Balaban J connectivity index is 1.46. The number of ether oxygens (including phenoxy) is 2. The number of carbonyl (C=O) groups is 1. The van der Waals surface area contributed by atoms with E-state index < -0.39 is 17.6 Å². The molecule has 160 valence electrons. The predicted octanol–water partition coefficient (Wildman–Crippen LogP) is 3.23. The largest absolute Gasteiger partial charge is 0.490 e. The van der Waals surface area contributed by atoms with Crippen molar-refractivity contribution in [3.05, 3.63) is 53.6 Å². The monoisotopic (exact) mass is 421 g/mol. The number of fused-ring (bicyclic) bond motifs is 1. The summed E-state index contributed by atoms with van der Waals surface area (Å²) < 4.78 is 51.0. The van der Waals surface area contributed by atoms with Crippen molar-refractivity contribution < 1.29 is 32.3 Å². The fraction of sp³-hybridized carbons (Fsp3) is 0.409. The molecular formula is C22H24F3N2O3+. The molecule has 1 saturated heterocycles. The number of likely N-dealkylation sites (tertiary alicyclic amines) is 1. The molecule has 2 aromatic carbocycles. The Morgan fingerprint density at radius 3 is 2.63 bits per heavy atom. The summed E-state index contributed by atoms with van der Waals surface area (Å²) in [6.45, 7) is 2.10. The minimum Gasteiger partial charge on any atom is -0.490 e. The summed E-state index contributed by atoms with van der Waals surface area (Å²) in [5.41, 5.74) is 0.00481. The maximum Gasteiger partial charge on any atom is 0.418 e. The molecule has 2 aliphatic rings. The molecule has 4 rings (SSSR count). The molecule has 30 heavy (non-hydrogen) atoms. The molecule has 1 unspecified atom stereocenters. The van der Waals surface area contributed by atoms with Crippen LogP contribution in [-0.4, -0.2) is 32.2 Å². The van der Waals surface area contributed by atoms with Gasteiger partial charge >= 0.3 is 6.18 Å². The van der Waals surface area contributed by atoms with Gasteiger partial charge in [-0.15, -0.1) is 0 Å². The van der Waals surface area contributed by atoms with Crippen LogP contribution >= 0.6 is 0 Å². The number of halogens is 3. The van der Waals surface area contributed by atoms with Crippen LogP contribution in [0.2, 0.25) is 0 Å². The normalized spacial score (nSPS) is 21.2. The lowest BCUT2D eigenvalue weighted by Gasteiger charge is -2.22. The van der Waals surface area contributed by atoms with Crippen molar-refractivity contribution in [1.82, 2.24) is 0 Å². The maximum absolute atomic E-state index is 13.2. The molecule has 2 aromatic rings. The van der Waals surface area contributed by atoms with E-state index in [2.05, 4.69) is 5.32 Å². The second kappa shape index (κ2) is 8.55. The summed E-state index contributed by atoms with van der Waals surface area (Å²) in [5, 5.41) is 2.45. The lowest BCUT2D eigenvalue weighted by molar-refractivity contribution is -0.910. The predicted molar refractivity (Wildman–Crippen MR) is 105 cm³/mol. The number of benzene rings is 2. The molecular weight excluding hydrogens is 397 g/mol. The zero-order valence-electron chi connectivity index (χ0n) is 16.4. The Hall–Kier alpha value is -2.74. The lowest BCUT2D eigenvalue weighted by Crippen LogP contribution is -3.11. The summed E-state index contributed by atoms with van der Waals surface area (Å²) >= 11 is 0. The average molecular weight is 421 g/mol. The van der Waals surface area contributed by atoms with Crippen molar-refractivity contribution >= 4 is 11.6 Å². The van der Waals surface area contributed by atoms with Gasteiger partial charge in [-0.25, -0.2) is 0 Å². The van der Waals surface area contributed by atoms with Gasteiger partial charge in [0, 0.05) is 24.8 Å². The van der Waals surface area contributed by atoms with Gasteiger partial charge < -0.3 is 19.7 Å². The fourth-order valence-electron chi connectivity index (χ4n) is 4.16. The summed E-state index contributed by atoms with van der Waals surface area (Å²) in [5.74, 6) is 1.00. The van der Waals surface area contributed by atoms with Gasteiger partial charge in [0.2, 0.25) is 0 Å². The molecule has 0 spiro atoms. The van der Waals surface area contributed by atoms with Crippen LogP contribution in [0.15, 0.2) is 42.5 Å². The fourth-order valence-corrected chi connectivity index (χ4v) is 4.16. The quantitative estimate of drug-likeness (QED) is 0.797. The number of rotatable bonds is 4. The molecule has 1 amide bonds. The summed E-state index contributed by atoms with van der Waals surface area (Å²) in [7, 11) is 0. The van der Waals surface area contributed by atoms with E-state index in [4.69, 9.17) is 9.47 Å². The van der Waals surface area contributed by atoms with E-state index in [0.29, 0.717) is 19.0 Å². The van der Waals surface area contributed by atoms with Gasteiger partial charge in [-0.3, -0.25) is 4.79 Å². The van der Waals surface area contributed by atoms with Gasteiger partial charge in [-0.1, -0.05) is 12.1 Å².